The number of oxime groups is 1. The standard InChI is InChI=1S/C31H34ClN7O10S2/c1-31(2,29(47)48)49-36-20(17-12-51-30(33)34-17)24(42)35-21-26(44)38-22(28(45)46)15(11-50-27(21)38)10-39(3)8-13-6-37(7-14(13)9-39)25(43)16-4-5-18(40)23(41)19(16)32/h4-5,12-14,21,27H,6-11H2,1-3H3,(H6-,33,34,35,36,40,41,42,43,45,46,47,48)/t13-,14+,21-,27-,39?/m1/s1. The lowest BCUT2D eigenvalue weighted by molar-refractivity contribution is -0.896. The topological polar surface area (TPSA) is 248 Å². The number of nitrogen functional groups attached to an aromatic ring is 1. The van der Waals surface area contributed by atoms with Crippen molar-refractivity contribution in [2.24, 2.45) is 17.0 Å². The van der Waals surface area contributed by atoms with Crippen LogP contribution in [0.2, 0.25) is 5.02 Å². The molecule has 0 bridgehead atoms. The van der Waals surface area contributed by atoms with Gasteiger partial charge in [-0.3, -0.25) is 19.3 Å². The van der Waals surface area contributed by atoms with Crippen LogP contribution in [0, 0.1) is 11.8 Å². The van der Waals surface area contributed by atoms with Crippen molar-refractivity contribution >= 4 is 75.2 Å². The van der Waals surface area contributed by atoms with E-state index < -0.39 is 58.0 Å². The van der Waals surface area contributed by atoms with Crippen molar-refractivity contribution in [2.75, 3.05) is 51.3 Å². The van der Waals surface area contributed by atoms with Gasteiger partial charge in [0.15, 0.2) is 22.3 Å². The summed E-state index contributed by atoms with van der Waals surface area (Å²) in [6.45, 7) is 4.93. The maximum Gasteiger partial charge on any atom is 0.350 e. The summed E-state index contributed by atoms with van der Waals surface area (Å²) >= 11 is 8.42. The van der Waals surface area contributed by atoms with Crippen molar-refractivity contribution < 1.29 is 53.7 Å². The van der Waals surface area contributed by atoms with Crippen molar-refractivity contribution in [3.05, 3.63) is 45.1 Å². The molecule has 272 valence electrons. The van der Waals surface area contributed by atoms with Crippen molar-refractivity contribution in [3.63, 3.8) is 0 Å². The third-order valence-corrected chi connectivity index (χ3v) is 11.9. The first-order chi connectivity index (χ1) is 23.9. The van der Waals surface area contributed by atoms with Crippen LogP contribution in [0.1, 0.15) is 29.9 Å². The Balaban J connectivity index is 1.13. The molecule has 51 heavy (non-hydrogen) atoms. The van der Waals surface area contributed by atoms with Crippen molar-refractivity contribution in [2.45, 2.75) is 30.9 Å². The van der Waals surface area contributed by atoms with Crippen molar-refractivity contribution in [1.82, 2.24) is 20.1 Å². The van der Waals surface area contributed by atoms with Crippen LogP contribution in [-0.4, -0.2) is 132 Å². The Morgan fingerprint density at radius 1 is 1.22 bits per heavy atom. The number of thiazole rings is 1. The normalized spacial score (nSPS) is 26.0. The fraction of sp³-hybridized carbons (Fsp3) is 0.452. The van der Waals surface area contributed by atoms with Gasteiger partial charge in [0.2, 0.25) is 5.60 Å². The number of phenolic OH excluding ortho intramolecular Hbond substituents is 2. The number of aliphatic carboxylic acids is 2. The predicted molar refractivity (Wildman–Crippen MR) is 181 cm³/mol. The van der Waals surface area contributed by atoms with E-state index in [0.717, 1.165) is 16.2 Å². The number of fused-ring (bicyclic) bond motifs is 2. The largest absolute Gasteiger partial charge is 0.543 e. The van der Waals surface area contributed by atoms with E-state index in [4.69, 9.17) is 22.2 Å². The van der Waals surface area contributed by atoms with E-state index in [0.29, 0.717) is 42.8 Å². The number of halogens is 1. The number of nitrogens with zero attached hydrogens (tertiary/aromatic N) is 5. The molecule has 4 aliphatic heterocycles. The highest BCUT2D eigenvalue weighted by Gasteiger charge is 2.55. The number of hydrogen-bond donors (Lipinski definition) is 5. The number of nitrogens with one attached hydrogen (secondary N) is 1. The molecule has 3 fully saturated rings. The number of likely N-dealkylation sites (N-methyl/N-ethyl adjacent to an activating group) is 1. The summed E-state index contributed by atoms with van der Waals surface area (Å²) in [5.41, 5.74) is 3.87. The highest BCUT2D eigenvalue weighted by molar-refractivity contribution is 8.00. The number of carboxylic acid groups (broad SMARTS) is 2. The molecule has 3 saturated heterocycles. The van der Waals surface area contributed by atoms with Crippen LogP contribution in [0.15, 0.2) is 33.9 Å². The summed E-state index contributed by atoms with van der Waals surface area (Å²) in [5, 5.41) is 48.4. The van der Waals surface area contributed by atoms with Crippen molar-refractivity contribution in [1.29, 1.82) is 0 Å². The summed E-state index contributed by atoms with van der Waals surface area (Å²) in [6, 6.07) is 1.44. The molecule has 5 atom stereocenters. The number of thioether (sulfide) groups is 1. The molecule has 5 heterocycles. The maximum absolute atomic E-state index is 13.4. The van der Waals surface area contributed by atoms with E-state index in [1.54, 1.807) is 4.90 Å². The molecule has 20 heteroatoms. The van der Waals surface area contributed by atoms with Crippen molar-refractivity contribution in [3.8, 4) is 11.5 Å². The Hall–Kier alpha value is -4.59. The fourth-order valence-electron chi connectivity index (χ4n) is 7.01. The van der Waals surface area contributed by atoms with Crippen LogP contribution in [0.3, 0.4) is 0 Å². The number of aromatic hydroxyl groups is 2. The minimum Gasteiger partial charge on any atom is -0.543 e. The summed E-state index contributed by atoms with van der Waals surface area (Å²) < 4.78 is 0.473. The molecule has 17 nitrogen and oxygen atoms in total. The number of amides is 3. The first kappa shape index (κ1) is 36.2. The lowest BCUT2D eigenvalue weighted by atomic mass is 10.0. The minimum atomic E-state index is -1.79. The minimum absolute atomic E-state index is 0.00278. The average Bonchev–Trinajstić information content (AvgIpc) is 3.74. The van der Waals surface area contributed by atoms with Crippen LogP contribution in [0.5, 0.6) is 11.5 Å². The molecule has 2 aromatic rings. The van der Waals surface area contributed by atoms with Gasteiger partial charge in [-0.25, -0.2) is 9.78 Å². The van der Waals surface area contributed by atoms with Gasteiger partial charge < -0.3 is 50.5 Å². The number of likely N-dealkylation sites (tertiary alicyclic amines) is 2. The van der Waals surface area contributed by atoms with Gasteiger partial charge in [-0.1, -0.05) is 16.8 Å². The number of carbonyl (C=O) groups excluding carboxylic acids is 4. The van der Waals surface area contributed by atoms with E-state index in [9.17, 15) is 44.4 Å². The fourth-order valence-corrected chi connectivity index (χ4v) is 9.13. The number of phenols is 2. The highest BCUT2D eigenvalue weighted by Crippen LogP contribution is 2.43. The predicted octanol–water partition coefficient (Wildman–Crippen LogP) is -0.374. The highest BCUT2D eigenvalue weighted by atomic mass is 35.5. The van der Waals surface area contributed by atoms with Crippen LogP contribution < -0.4 is 16.2 Å². The molecule has 4 aliphatic rings. The molecule has 1 unspecified atom stereocenters. The smallest absolute Gasteiger partial charge is 0.350 e. The molecule has 0 saturated carbocycles. The first-order valence-corrected chi connectivity index (χ1v) is 17.9. The molecule has 6 rings (SSSR count). The number of nitrogens with two attached hydrogens (primary N) is 1. The Bertz CT molecular complexity index is 1900. The zero-order chi connectivity index (χ0) is 37.2. The van der Waals surface area contributed by atoms with E-state index in [-0.39, 0.29) is 50.6 Å². The van der Waals surface area contributed by atoms with E-state index in [2.05, 4.69) is 15.5 Å². The zero-order valence-electron chi connectivity index (χ0n) is 27.5. The van der Waals surface area contributed by atoms with Gasteiger partial charge in [0.05, 0.1) is 42.4 Å². The molecule has 6 N–H and O–H groups in total. The number of β-lactam (4-membered cyclic amide) rings is 1. The van der Waals surface area contributed by atoms with Gasteiger partial charge in [-0.2, -0.15) is 0 Å². The van der Waals surface area contributed by atoms with E-state index >= 15 is 0 Å². The van der Waals surface area contributed by atoms with Gasteiger partial charge in [-0.15, -0.1) is 23.1 Å². The quantitative estimate of drug-likeness (QED) is 0.0682. The number of anilines is 1. The summed E-state index contributed by atoms with van der Waals surface area (Å²) in [6.07, 6.45) is 0. The number of carboxylic acids is 2. The average molecular weight is 764 g/mol. The van der Waals surface area contributed by atoms with Gasteiger partial charge in [-0.05, 0) is 26.0 Å². The molecule has 1 aromatic carbocycles. The number of carbonyl (C=O) groups is 5. The monoisotopic (exact) mass is 763 g/mol. The molecule has 0 aliphatic carbocycles. The van der Waals surface area contributed by atoms with Crippen LogP contribution in [-0.2, 0) is 24.0 Å². The second-order valence-electron chi connectivity index (χ2n) is 13.7. The summed E-state index contributed by atoms with van der Waals surface area (Å²) in [7, 11) is 2.00. The molecular weight excluding hydrogens is 730 g/mol. The van der Waals surface area contributed by atoms with Crippen LogP contribution in [0.25, 0.3) is 0 Å². The summed E-state index contributed by atoms with van der Waals surface area (Å²) in [4.78, 5) is 76.0. The third kappa shape index (κ3) is 6.65. The Morgan fingerprint density at radius 3 is 2.47 bits per heavy atom. The van der Waals surface area contributed by atoms with E-state index in [1.807, 2.05) is 7.05 Å². The Kier molecular flexibility index (Phi) is 9.36. The SMILES string of the molecule is CC(C)(O/N=C(\C(=O)N[C@@H]1C(=O)N2C(C(=O)[O-])=C(C[N+]3(C)C[C@H]4CN(C(=O)c5ccc(O)c(O)c5Cl)C[C@H]4C3)CS[C@H]12)c1csc(N)n1)C(=O)O. The molecule has 3 amide bonds. The lowest BCUT2D eigenvalue weighted by Gasteiger charge is -2.51. The molecule has 0 radical (unpaired) electrons. The first-order valence-electron chi connectivity index (χ1n) is 15.6. The summed E-state index contributed by atoms with van der Waals surface area (Å²) in [5.74, 6) is -5.30. The van der Waals surface area contributed by atoms with E-state index in [1.165, 1.54) is 43.1 Å². The second kappa shape index (κ2) is 13.2. The number of hydrogen-bond acceptors (Lipinski definition) is 14. The Labute approximate surface area is 303 Å². The maximum atomic E-state index is 13.4. The molecular formula is C31H34ClN7O10S2. The number of aromatic nitrogens is 1. The van der Waals surface area contributed by atoms with Crippen LogP contribution in [0.4, 0.5) is 5.13 Å². The van der Waals surface area contributed by atoms with Gasteiger partial charge >= 0.3 is 5.97 Å². The van der Waals surface area contributed by atoms with Gasteiger partial charge in [0.1, 0.15) is 23.7 Å². The second-order valence-corrected chi connectivity index (χ2v) is 16.1. The van der Waals surface area contributed by atoms with Gasteiger partial charge in [0.25, 0.3) is 17.7 Å². The Morgan fingerprint density at radius 2 is 1.88 bits per heavy atom. The molecule has 1 aromatic heterocycles. The number of rotatable bonds is 10. The number of quaternary nitrogens is 1. The zero-order valence-corrected chi connectivity index (χ0v) is 29.9. The van der Waals surface area contributed by atoms with Gasteiger partial charge in [0, 0.05) is 41.6 Å². The lowest BCUT2D eigenvalue weighted by Crippen LogP contribution is -2.71. The number of benzene rings is 1. The third-order valence-electron chi connectivity index (χ3n) is 9.50. The molecule has 0 spiro atoms. The van der Waals surface area contributed by atoms with Crippen LogP contribution >= 0.6 is 34.7 Å².